The van der Waals surface area contributed by atoms with E-state index >= 15 is 0 Å². The summed E-state index contributed by atoms with van der Waals surface area (Å²) >= 11 is 6.32. The molecule has 0 atom stereocenters. The topological polar surface area (TPSA) is 96.0 Å². The second-order valence-corrected chi connectivity index (χ2v) is 11.3. The van der Waals surface area contributed by atoms with Crippen LogP contribution >= 0.6 is 11.6 Å². The number of nitrogens with zero attached hydrogens (tertiary/aromatic N) is 2. The molecule has 1 N–H and O–H groups in total. The minimum Gasteiger partial charge on any atom is -0.379 e. The Kier molecular flexibility index (Phi) is 8.82. The van der Waals surface area contributed by atoms with E-state index in [1.165, 1.54) is 31.2 Å². The van der Waals surface area contributed by atoms with Crippen molar-refractivity contribution in [1.29, 1.82) is 0 Å². The van der Waals surface area contributed by atoms with Crippen molar-refractivity contribution in [2.24, 2.45) is 0 Å². The summed E-state index contributed by atoms with van der Waals surface area (Å²) in [4.78, 5) is 28.6. The molecule has 0 spiro atoms. The van der Waals surface area contributed by atoms with Gasteiger partial charge in [-0.1, -0.05) is 29.8 Å². The molecule has 4 rings (SSSR count). The fraction of sp³-hybridized carbons (Fsp3) is 0.310. The van der Waals surface area contributed by atoms with Crippen LogP contribution in [0.4, 0.5) is 11.4 Å². The van der Waals surface area contributed by atoms with Gasteiger partial charge < -0.3 is 19.3 Å². The van der Waals surface area contributed by atoms with Crippen molar-refractivity contribution in [3.05, 3.63) is 82.9 Å². The predicted octanol–water partition coefficient (Wildman–Crippen LogP) is 5.72. The monoisotopic (exact) mass is 569 g/mol. The summed E-state index contributed by atoms with van der Waals surface area (Å²) in [6, 6.07) is 18.1. The maximum Gasteiger partial charge on any atom is 0.339 e. The van der Waals surface area contributed by atoms with E-state index in [-0.39, 0.29) is 35.0 Å². The van der Waals surface area contributed by atoms with E-state index in [0.717, 1.165) is 31.6 Å². The lowest BCUT2D eigenvalue weighted by Gasteiger charge is -2.26. The maximum atomic E-state index is 13.5. The van der Waals surface area contributed by atoms with Crippen LogP contribution in [0.15, 0.2) is 71.6 Å². The van der Waals surface area contributed by atoms with Gasteiger partial charge in [0.25, 0.3) is 5.91 Å². The third-order valence-corrected chi connectivity index (χ3v) is 8.11. The van der Waals surface area contributed by atoms with Gasteiger partial charge in [0.2, 0.25) is 5.91 Å². The number of hydrogen-bond donors (Lipinski definition) is 1. The van der Waals surface area contributed by atoms with Crippen molar-refractivity contribution in [3.63, 3.8) is 0 Å². The number of rotatable bonds is 11. The summed E-state index contributed by atoms with van der Waals surface area (Å²) in [5.74, 6) is -0.312. The molecule has 3 aromatic rings. The molecule has 3 aromatic carbocycles. The summed E-state index contributed by atoms with van der Waals surface area (Å²) in [7, 11) is -4.21. The third-order valence-electron chi connectivity index (χ3n) is 6.54. The highest BCUT2D eigenvalue weighted by Crippen LogP contribution is 2.35. The summed E-state index contributed by atoms with van der Waals surface area (Å²) in [6.45, 7) is 7.03. The number of hydrogen-bond acceptors (Lipinski definition) is 6. The van der Waals surface area contributed by atoms with Gasteiger partial charge in [-0.05, 0) is 69.2 Å². The average molecular weight is 570 g/mol. The number of nitrogens with one attached hydrogen (secondary N) is 1. The predicted molar refractivity (Wildman–Crippen MR) is 153 cm³/mol. The number of amides is 2. The van der Waals surface area contributed by atoms with Crippen LogP contribution in [0.2, 0.25) is 5.02 Å². The Hall–Kier alpha value is -3.56. The zero-order valence-corrected chi connectivity index (χ0v) is 23.8. The summed E-state index contributed by atoms with van der Waals surface area (Å²) < 4.78 is 32.4. The molecule has 8 nitrogen and oxygen atoms in total. The standard InChI is InChI=1S/C29H32ClN3O5S/c1-4-32(5-2)24-13-10-21(19-33(23-14-15-23)29(35)26-8-6-7-9-27(26)30)28(18-24)38-39(36,37)25-16-11-22(12-17-25)31-20(3)34/h6-13,16-18,23H,4-5,14-15,19H2,1-3H3,(H,31,34). The maximum absolute atomic E-state index is 13.5. The minimum atomic E-state index is -4.21. The van der Waals surface area contributed by atoms with Crippen LogP contribution in [0.5, 0.6) is 5.75 Å². The van der Waals surface area contributed by atoms with E-state index in [4.69, 9.17) is 15.8 Å². The molecular formula is C29H32ClN3O5S. The summed E-state index contributed by atoms with van der Waals surface area (Å²) in [6.07, 6.45) is 1.73. The first kappa shape index (κ1) is 28.4. The van der Waals surface area contributed by atoms with Crippen molar-refractivity contribution < 1.29 is 22.2 Å². The fourth-order valence-electron chi connectivity index (χ4n) is 4.34. The molecule has 0 unspecified atom stereocenters. The lowest BCUT2D eigenvalue weighted by atomic mass is 10.1. The fourth-order valence-corrected chi connectivity index (χ4v) is 5.51. The molecular weight excluding hydrogens is 538 g/mol. The van der Waals surface area contributed by atoms with Crippen LogP contribution in [0.25, 0.3) is 0 Å². The van der Waals surface area contributed by atoms with Gasteiger partial charge in [0, 0.05) is 55.6 Å². The largest absolute Gasteiger partial charge is 0.379 e. The van der Waals surface area contributed by atoms with E-state index in [1.807, 2.05) is 26.0 Å². The van der Waals surface area contributed by atoms with Crippen molar-refractivity contribution in [2.45, 2.75) is 51.1 Å². The Morgan fingerprint density at radius 1 is 1.00 bits per heavy atom. The first-order chi connectivity index (χ1) is 18.6. The van der Waals surface area contributed by atoms with Gasteiger partial charge in [0.15, 0.2) is 0 Å². The molecule has 0 aliphatic heterocycles. The third kappa shape index (κ3) is 6.91. The number of benzene rings is 3. The lowest BCUT2D eigenvalue weighted by Crippen LogP contribution is -2.33. The van der Waals surface area contributed by atoms with Gasteiger partial charge >= 0.3 is 10.1 Å². The van der Waals surface area contributed by atoms with Crippen LogP contribution in [-0.4, -0.2) is 44.3 Å². The van der Waals surface area contributed by atoms with Crippen molar-refractivity contribution in [3.8, 4) is 5.75 Å². The highest BCUT2D eigenvalue weighted by molar-refractivity contribution is 7.87. The van der Waals surface area contributed by atoms with Gasteiger partial charge in [-0.15, -0.1) is 0 Å². The molecule has 0 bridgehead atoms. The number of carbonyl (C=O) groups excluding carboxylic acids is 2. The molecule has 0 saturated heterocycles. The molecule has 39 heavy (non-hydrogen) atoms. The zero-order chi connectivity index (χ0) is 28.2. The van der Waals surface area contributed by atoms with Crippen molar-refractivity contribution in [1.82, 2.24) is 4.90 Å². The van der Waals surface area contributed by atoms with Gasteiger partial charge in [-0.3, -0.25) is 9.59 Å². The number of carbonyl (C=O) groups is 2. The molecule has 0 aromatic heterocycles. The first-order valence-electron chi connectivity index (χ1n) is 12.9. The van der Waals surface area contributed by atoms with E-state index in [2.05, 4.69) is 10.2 Å². The summed E-state index contributed by atoms with van der Waals surface area (Å²) in [5.41, 5.74) is 2.26. The second kappa shape index (κ2) is 12.1. The molecule has 1 saturated carbocycles. The Balaban J connectivity index is 1.68. The van der Waals surface area contributed by atoms with Gasteiger partial charge in [0.05, 0.1) is 10.6 Å². The number of halogens is 1. The smallest absolute Gasteiger partial charge is 0.339 e. The molecule has 1 aliphatic carbocycles. The second-order valence-electron chi connectivity index (χ2n) is 9.35. The Morgan fingerprint density at radius 2 is 1.67 bits per heavy atom. The zero-order valence-electron chi connectivity index (χ0n) is 22.2. The molecule has 10 heteroatoms. The van der Waals surface area contributed by atoms with Gasteiger partial charge in [-0.25, -0.2) is 0 Å². The Morgan fingerprint density at radius 3 is 2.26 bits per heavy atom. The normalized spacial score (nSPS) is 13.0. The quantitative estimate of drug-likeness (QED) is 0.297. The molecule has 0 heterocycles. The van der Waals surface area contributed by atoms with E-state index in [0.29, 0.717) is 21.8 Å². The van der Waals surface area contributed by atoms with Crippen molar-refractivity contribution in [2.75, 3.05) is 23.3 Å². The van der Waals surface area contributed by atoms with Crippen LogP contribution < -0.4 is 14.4 Å². The molecule has 2 amide bonds. The summed E-state index contributed by atoms with van der Waals surface area (Å²) in [5, 5.41) is 2.98. The highest BCUT2D eigenvalue weighted by atomic mass is 35.5. The first-order valence-corrected chi connectivity index (χ1v) is 14.7. The lowest BCUT2D eigenvalue weighted by molar-refractivity contribution is -0.114. The SMILES string of the molecule is CCN(CC)c1ccc(CN(C(=O)c2ccccc2Cl)C2CC2)c(OS(=O)(=O)c2ccc(NC(C)=O)cc2)c1. The van der Waals surface area contributed by atoms with Crippen LogP contribution in [-0.2, 0) is 21.5 Å². The van der Waals surface area contributed by atoms with E-state index < -0.39 is 10.1 Å². The minimum absolute atomic E-state index is 0.0435. The average Bonchev–Trinajstić information content (AvgIpc) is 3.74. The van der Waals surface area contributed by atoms with Gasteiger partial charge in [-0.2, -0.15) is 8.42 Å². The molecule has 0 radical (unpaired) electrons. The van der Waals surface area contributed by atoms with Crippen LogP contribution in [0.1, 0.15) is 49.5 Å². The van der Waals surface area contributed by atoms with Crippen LogP contribution in [0.3, 0.4) is 0 Å². The molecule has 206 valence electrons. The Labute approximate surface area is 234 Å². The highest BCUT2D eigenvalue weighted by Gasteiger charge is 2.34. The Bertz CT molecular complexity index is 1450. The van der Waals surface area contributed by atoms with E-state index in [1.54, 1.807) is 35.2 Å². The van der Waals surface area contributed by atoms with Crippen molar-refractivity contribution >= 4 is 44.9 Å². The number of anilines is 2. The van der Waals surface area contributed by atoms with Gasteiger partial charge in [0.1, 0.15) is 10.6 Å². The molecule has 1 aliphatic rings. The van der Waals surface area contributed by atoms with Crippen LogP contribution in [0, 0.1) is 0 Å². The molecule has 1 fully saturated rings. The van der Waals surface area contributed by atoms with E-state index in [9.17, 15) is 18.0 Å².